The van der Waals surface area contributed by atoms with Crippen molar-refractivity contribution in [2.45, 2.75) is 20.4 Å². The van der Waals surface area contributed by atoms with Crippen LogP contribution in [0.2, 0.25) is 0 Å². The zero-order chi connectivity index (χ0) is 18.2. The van der Waals surface area contributed by atoms with Crippen molar-refractivity contribution in [3.05, 3.63) is 59.2 Å². The third kappa shape index (κ3) is 5.24. The Kier molecular flexibility index (Phi) is 6.39. The van der Waals surface area contributed by atoms with Crippen molar-refractivity contribution in [2.24, 2.45) is 0 Å². The monoisotopic (exact) mass is 343 g/mol. The number of carbonyl (C=O) groups is 2. The van der Waals surface area contributed by atoms with Crippen molar-refractivity contribution in [3.8, 4) is 11.5 Å². The second-order valence-corrected chi connectivity index (χ2v) is 5.39. The van der Waals surface area contributed by atoms with Crippen LogP contribution in [0.15, 0.2) is 42.5 Å². The van der Waals surface area contributed by atoms with Gasteiger partial charge in [0.1, 0.15) is 0 Å². The van der Waals surface area contributed by atoms with Crippen LogP contribution >= 0.6 is 0 Å². The zero-order valence-corrected chi connectivity index (χ0v) is 14.2. The summed E-state index contributed by atoms with van der Waals surface area (Å²) < 4.78 is 10.6. The molecule has 0 spiro atoms. The molecule has 2 aromatic carbocycles. The van der Waals surface area contributed by atoms with E-state index >= 15 is 0 Å². The number of ether oxygens (including phenoxy) is 2. The highest BCUT2D eigenvalue weighted by Crippen LogP contribution is 2.28. The molecular weight excluding hydrogens is 322 g/mol. The van der Waals surface area contributed by atoms with E-state index < -0.39 is 12.6 Å². The Bertz CT molecular complexity index is 757. The zero-order valence-electron chi connectivity index (χ0n) is 14.2. The number of aryl methyl sites for hydroxylation is 1. The van der Waals surface area contributed by atoms with Gasteiger partial charge in [0.25, 0.3) is 5.91 Å². The van der Waals surface area contributed by atoms with Gasteiger partial charge in [-0.05, 0) is 43.2 Å². The second-order valence-electron chi connectivity index (χ2n) is 5.39. The lowest BCUT2D eigenvalue weighted by atomic mass is 10.1. The fraction of sp³-hybridized carbons (Fsp3) is 0.263. The number of benzene rings is 2. The summed E-state index contributed by atoms with van der Waals surface area (Å²) in [6.07, 6.45) is 0. The van der Waals surface area contributed by atoms with Crippen molar-refractivity contribution in [1.29, 1.82) is 0 Å². The van der Waals surface area contributed by atoms with Crippen molar-refractivity contribution < 1.29 is 24.2 Å². The number of hydrogen-bond donors (Lipinski definition) is 2. The minimum absolute atomic E-state index is 0.242. The first-order chi connectivity index (χ1) is 12.0. The summed E-state index contributed by atoms with van der Waals surface area (Å²) >= 11 is 0. The Morgan fingerprint density at radius 3 is 2.52 bits per heavy atom. The molecule has 0 saturated carbocycles. The van der Waals surface area contributed by atoms with Gasteiger partial charge in [0, 0.05) is 12.1 Å². The SMILES string of the molecule is CCOc1cc(C(=O)NCc2ccccc2C)ccc1OCC(=O)O. The summed E-state index contributed by atoms with van der Waals surface area (Å²) in [6, 6.07) is 12.5. The third-order valence-electron chi connectivity index (χ3n) is 3.56. The molecule has 6 nitrogen and oxygen atoms in total. The molecule has 0 fully saturated rings. The van der Waals surface area contributed by atoms with Crippen molar-refractivity contribution in [3.63, 3.8) is 0 Å². The minimum Gasteiger partial charge on any atom is -0.490 e. The Morgan fingerprint density at radius 2 is 1.84 bits per heavy atom. The van der Waals surface area contributed by atoms with Gasteiger partial charge >= 0.3 is 5.97 Å². The lowest BCUT2D eigenvalue weighted by Crippen LogP contribution is -2.23. The van der Waals surface area contributed by atoms with Crippen LogP contribution in [0.25, 0.3) is 0 Å². The van der Waals surface area contributed by atoms with Crippen LogP contribution in [0.4, 0.5) is 0 Å². The molecule has 0 bridgehead atoms. The van der Waals surface area contributed by atoms with E-state index in [9.17, 15) is 9.59 Å². The predicted molar refractivity (Wildman–Crippen MR) is 93.1 cm³/mol. The molecule has 132 valence electrons. The molecule has 0 saturated heterocycles. The fourth-order valence-corrected chi connectivity index (χ4v) is 2.26. The van der Waals surface area contributed by atoms with Gasteiger partial charge in [-0.3, -0.25) is 4.79 Å². The maximum absolute atomic E-state index is 12.4. The standard InChI is InChI=1S/C19H21NO5/c1-3-24-17-10-14(8-9-16(17)25-12-18(21)22)19(23)20-11-15-7-5-4-6-13(15)2/h4-10H,3,11-12H2,1-2H3,(H,20,23)(H,21,22). The number of amides is 1. The van der Waals surface area contributed by atoms with E-state index in [1.54, 1.807) is 19.1 Å². The molecule has 1 amide bonds. The molecule has 0 heterocycles. The van der Waals surface area contributed by atoms with Crippen LogP contribution in [-0.4, -0.2) is 30.2 Å². The topological polar surface area (TPSA) is 84.9 Å². The molecule has 0 atom stereocenters. The van der Waals surface area contributed by atoms with E-state index in [1.807, 2.05) is 31.2 Å². The number of carbonyl (C=O) groups excluding carboxylic acids is 1. The molecule has 2 aromatic rings. The first kappa shape index (κ1) is 18.3. The van der Waals surface area contributed by atoms with Gasteiger partial charge in [-0.25, -0.2) is 4.79 Å². The van der Waals surface area contributed by atoms with E-state index in [4.69, 9.17) is 14.6 Å². The van der Waals surface area contributed by atoms with E-state index in [-0.39, 0.29) is 5.91 Å². The molecule has 0 radical (unpaired) electrons. The average Bonchev–Trinajstić information content (AvgIpc) is 2.59. The third-order valence-corrected chi connectivity index (χ3v) is 3.56. The summed E-state index contributed by atoms with van der Waals surface area (Å²) in [5, 5.41) is 11.6. The molecule has 0 aliphatic carbocycles. The van der Waals surface area contributed by atoms with Crippen LogP contribution in [0.3, 0.4) is 0 Å². The van der Waals surface area contributed by atoms with Gasteiger partial charge in [0.15, 0.2) is 18.1 Å². The molecule has 25 heavy (non-hydrogen) atoms. The van der Waals surface area contributed by atoms with Crippen LogP contribution in [0, 0.1) is 6.92 Å². The highest BCUT2D eigenvalue weighted by atomic mass is 16.5. The second kappa shape index (κ2) is 8.73. The van der Waals surface area contributed by atoms with Gasteiger partial charge in [0.05, 0.1) is 6.61 Å². The van der Waals surface area contributed by atoms with Gasteiger partial charge in [-0.1, -0.05) is 24.3 Å². The Balaban J connectivity index is 2.09. The largest absolute Gasteiger partial charge is 0.490 e. The van der Waals surface area contributed by atoms with E-state index in [0.717, 1.165) is 11.1 Å². The van der Waals surface area contributed by atoms with Crippen LogP contribution in [0.5, 0.6) is 11.5 Å². The number of rotatable bonds is 8. The first-order valence-corrected chi connectivity index (χ1v) is 7.95. The molecule has 0 aromatic heterocycles. The predicted octanol–water partition coefficient (Wildman–Crippen LogP) is 2.79. The number of nitrogens with one attached hydrogen (secondary N) is 1. The summed E-state index contributed by atoms with van der Waals surface area (Å²) in [4.78, 5) is 23.0. The number of aliphatic carboxylic acids is 1. The van der Waals surface area contributed by atoms with Gasteiger partial charge in [0.2, 0.25) is 0 Å². The maximum atomic E-state index is 12.4. The molecule has 2 N–H and O–H groups in total. The van der Waals surface area contributed by atoms with Gasteiger partial charge in [-0.15, -0.1) is 0 Å². The maximum Gasteiger partial charge on any atom is 0.341 e. The average molecular weight is 343 g/mol. The van der Waals surface area contributed by atoms with E-state index in [2.05, 4.69) is 5.32 Å². The van der Waals surface area contributed by atoms with Crippen LogP contribution in [-0.2, 0) is 11.3 Å². The summed E-state index contributed by atoms with van der Waals surface area (Å²) in [7, 11) is 0. The van der Waals surface area contributed by atoms with Gasteiger partial charge < -0.3 is 19.9 Å². The summed E-state index contributed by atoms with van der Waals surface area (Å²) in [5.74, 6) is -0.691. The van der Waals surface area contributed by atoms with E-state index in [1.165, 1.54) is 6.07 Å². The van der Waals surface area contributed by atoms with Crippen molar-refractivity contribution in [1.82, 2.24) is 5.32 Å². The lowest BCUT2D eigenvalue weighted by molar-refractivity contribution is -0.139. The molecule has 0 unspecified atom stereocenters. The fourth-order valence-electron chi connectivity index (χ4n) is 2.26. The van der Waals surface area contributed by atoms with Crippen LogP contribution < -0.4 is 14.8 Å². The van der Waals surface area contributed by atoms with E-state index in [0.29, 0.717) is 30.2 Å². The number of carboxylic acids is 1. The van der Waals surface area contributed by atoms with Crippen molar-refractivity contribution in [2.75, 3.05) is 13.2 Å². The molecule has 6 heteroatoms. The molecule has 0 aliphatic rings. The molecule has 2 rings (SSSR count). The minimum atomic E-state index is -1.08. The Labute approximate surface area is 146 Å². The number of hydrogen-bond acceptors (Lipinski definition) is 4. The first-order valence-electron chi connectivity index (χ1n) is 7.95. The quantitative estimate of drug-likeness (QED) is 0.770. The van der Waals surface area contributed by atoms with Crippen LogP contribution in [0.1, 0.15) is 28.4 Å². The van der Waals surface area contributed by atoms with Gasteiger partial charge in [-0.2, -0.15) is 0 Å². The number of carboxylic acid groups (broad SMARTS) is 1. The summed E-state index contributed by atoms with van der Waals surface area (Å²) in [5.41, 5.74) is 2.57. The normalized spacial score (nSPS) is 10.2. The molecular formula is C19H21NO5. The summed E-state index contributed by atoms with van der Waals surface area (Å²) in [6.45, 7) is 4.11. The Hall–Kier alpha value is -3.02. The molecule has 0 aliphatic heterocycles. The Morgan fingerprint density at radius 1 is 1.08 bits per heavy atom. The smallest absolute Gasteiger partial charge is 0.341 e. The highest BCUT2D eigenvalue weighted by Gasteiger charge is 2.13. The van der Waals surface area contributed by atoms with Crippen molar-refractivity contribution >= 4 is 11.9 Å². The highest BCUT2D eigenvalue weighted by molar-refractivity contribution is 5.94. The lowest BCUT2D eigenvalue weighted by Gasteiger charge is -2.13.